The molecule has 4 N–H and O–H groups in total. The molecule has 8 saturated heterocycles. The van der Waals surface area contributed by atoms with Crippen molar-refractivity contribution in [3.63, 3.8) is 0 Å². The second-order valence-corrected chi connectivity index (χ2v) is 34.7. The summed E-state index contributed by atoms with van der Waals surface area (Å²) in [5, 5.41) is 0. The highest BCUT2D eigenvalue weighted by molar-refractivity contribution is 7.49. The molecule has 12 heterocycles. The number of nitrogens with one attached hydrogen (secondary N) is 4. The van der Waals surface area contributed by atoms with E-state index in [1.807, 2.05) is 27.7 Å². The number of hydrogen-bond donors (Lipinski definition) is 4. The highest BCUT2D eigenvalue weighted by Gasteiger charge is 2.64. The number of halogens is 4. The van der Waals surface area contributed by atoms with Crippen LogP contribution < -0.4 is 45.0 Å². The van der Waals surface area contributed by atoms with Crippen LogP contribution in [0.1, 0.15) is 134 Å². The van der Waals surface area contributed by atoms with Crippen LogP contribution >= 0.6 is 77.7 Å². The lowest BCUT2D eigenvalue weighted by atomic mass is 10.0. The SMILES string of the molecule is CC[C@@H](C)O[P@@]1(=O)OC[C@H]2O[C@@H](n3ccc(=O)[nH]c3=O)[C@](C)(Cl)[C@@H]2O1.CC[C@@H](C)O[P@]1(=O)OC[C@H]2O[C@@H](n3ccc(=O)[nH]c3=O)[C@](C)(Cl)[C@@H]2O1.CC[C@H](C)O[P@@]1(=O)OC[C@H]2O[C@@H](n3ccc(=O)[nH]c3=O)[C@](C)(Cl)[C@@H]2O1.CC[C@H](C)O[P@]1(=O)OC[C@H]2O[C@@H](n3ccc(=O)[nH]c3=O)[C@](C)(Cl)[C@@H]2O1. The molecule has 0 unspecified atom stereocenters. The largest absolute Gasteiger partial charge is 0.475 e. The number of phosphoric ester groups is 4. The Morgan fingerprint density at radius 2 is 0.570 bits per heavy atom. The first-order chi connectivity index (χ1) is 46.6. The van der Waals surface area contributed by atoms with Gasteiger partial charge in [-0.25, -0.2) is 37.4 Å². The van der Waals surface area contributed by atoms with Crippen LogP contribution in [0.3, 0.4) is 0 Å². The van der Waals surface area contributed by atoms with Gasteiger partial charge in [-0.3, -0.25) is 112 Å². The van der Waals surface area contributed by atoms with Crippen molar-refractivity contribution in [2.75, 3.05) is 26.4 Å². The Bertz CT molecular complexity index is 3760. The van der Waals surface area contributed by atoms with Gasteiger partial charge in [0, 0.05) is 49.1 Å². The number of rotatable bonds is 16. The van der Waals surface area contributed by atoms with Gasteiger partial charge in [0.15, 0.2) is 24.9 Å². The zero-order valence-corrected chi connectivity index (χ0v) is 62.6. The normalized spacial score (nSPS) is 39.1. The van der Waals surface area contributed by atoms with Crippen LogP contribution in [0.4, 0.5) is 0 Å². The van der Waals surface area contributed by atoms with E-state index in [1.54, 1.807) is 55.4 Å². The molecule has 12 rings (SSSR count). The molecular formula is C56H80Cl4N8O28P4. The molecule has 0 aliphatic carbocycles. The molecule has 8 aliphatic heterocycles. The van der Waals surface area contributed by atoms with Crippen LogP contribution in [0.2, 0.25) is 0 Å². The number of phosphoric acid groups is 4. The Morgan fingerprint density at radius 3 is 0.730 bits per heavy atom. The summed E-state index contributed by atoms with van der Waals surface area (Å²) in [5.41, 5.74) is -4.77. The Morgan fingerprint density at radius 1 is 0.390 bits per heavy atom. The number of nitrogens with zero attached hydrogens (tertiary/aromatic N) is 4. The first-order valence-corrected chi connectivity index (χ1v) is 39.1. The van der Waals surface area contributed by atoms with Gasteiger partial charge in [0.1, 0.15) is 68.3 Å². The molecule has 24 atom stereocenters. The molecule has 0 saturated carbocycles. The Balaban J connectivity index is 0.000000156. The highest BCUT2D eigenvalue weighted by atomic mass is 35.5. The maximum absolute atomic E-state index is 12.7. The number of alkyl halides is 4. The van der Waals surface area contributed by atoms with Gasteiger partial charge in [-0.05, 0) is 81.1 Å². The molecular weight excluding hydrogens is 1500 g/mol. The topological polar surface area (TPSA) is 435 Å². The van der Waals surface area contributed by atoms with E-state index < -0.39 is 170 Å². The molecule has 36 nitrogen and oxygen atoms in total. The standard InChI is InChI=1S/4C14H20ClN2O7P/c4*1-4-8(2)23-25(20)21-7-9-11(24-25)14(3,15)12(22-9)17-6-5-10(18)16-13(17)19/h4*5-6,8-9,11-12H,4,7H2,1-3H3,(H,16,18,19)/t8-,9+,11+,12+,14+,25+;8-,9+,11+,12+,14+,25-;8-,9-,11-,12-,14-,25+;8-,9-,11-,12-,14-,25-/m0011/s1. The number of aromatic amines is 4. The van der Waals surface area contributed by atoms with E-state index in [0.717, 1.165) is 18.3 Å². The molecule has 0 aromatic carbocycles. The molecule has 4 aromatic rings. The average Bonchev–Trinajstić information content (AvgIpc) is 1.61. The van der Waals surface area contributed by atoms with Gasteiger partial charge in [-0.2, -0.15) is 0 Å². The van der Waals surface area contributed by atoms with Crippen molar-refractivity contribution in [1.29, 1.82) is 0 Å². The van der Waals surface area contributed by atoms with Gasteiger partial charge in [-0.1, -0.05) is 27.7 Å². The summed E-state index contributed by atoms with van der Waals surface area (Å²) in [4.78, 5) is 96.8. The number of hydrogen-bond acceptors (Lipinski definition) is 28. The number of aromatic nitrogens is 8. The predicted molar refractivity (Wildman–Crippen MR) is 355 cm³/mol. The average molecular weight is 1580 g/mol. The first-order valence-electron chi connectivity index (χ1n) is 31.7. The lowest BCUT2D eigenvalue weighted by Crippen LogP contribution is -2.45. The molecule has 100 heavy (non-hydrogen) atoms. The zero-order chi connectivity index (χ0) is 73.6. The highest BCUT2D eigenvalue weighted by Crippen LogP contribution is 2.64. The van der Waals surface area contributed by atoms with Crippen molar-refractivity contribution in [3.8, 4) is 0 Å². The van der Waals surface area contributed by atoms with Gasteiger partial charge >= 0.3 is 54.0 Å². The van der Waals surface area contributed by atoms with Crippen molar-refractivity contribution < 1.29 is 91.5 Å². The second kappa shape index (κ2) is 31.3. The van der Waals surface area contributed by atoms with Crippen molar-refractivity contribution >= 4 is 77.7 Å². The number of ether oxygens (including phenoxy) is 4. The molecule has 0 bridgehead atoms. The lowest BCUT2D eigenvalue weighted by Gasteiger charge is -2.35. The van der Waals surface area contributed by atoms with E-state index in [1.165, 1.54) is 49.1 Å². The Hall–Kier alpha value is -3.84. The van der Waals surface area contributed by atoms with Crippen LogP contribution in [-0.2, 0) is 91.5 Å². The zero-order valence-electron chi connectivity index (χ0n) is 56.0. The fourth-order valence-electron chi connectivity index (χ4n) is 11.2. The number of H-pyrrole nitrogens is 4. The first kappa shape index (κ1) is 80.3. The lowest BCUT2D eigenvalue weighted by molar-refractivity contribution is -0.0757. The maximum atomic E-state index is 12.7. The van der Waals surface area contributed by atoms with Crippen LogP contribution in [0, 0.1) is 0 Å². The van der Waals surface area contributed by atoms with E-state index in [4.69, 9.17) is 120 Å². The quantitative estimate of drug-likeness (QED) is 0.0642. The maximum Gasteiger partial charge on any atom is 0.475 e. The van der Waals surface area contributed by atoms with Crippen molar-refractivity contribution in [2.24, 2.45) is 0 Å². The smallest absolute Gasteiger partial charge is 0.347 e. The molecule has 0 spiro atoms. The molecule has 560 valence electrons. The third-order valence-electron chi connectivity index (χ3n) is 17.2. The molecule has 44 heteroatoms. The van der Waals surface area contributed by atoms with E-state index in [-0.39, 0.29) is 50.8 Å². The van der Waals surface area contributed by atoms with Crippen molar-refractivity contribution in [1.82, 2.24) is 38.2 Å². The third kappa shape index (κ3) is 17.5. The van der Waals surface area contributed by atoms with Crippen LogP contribution in [0.25, 0.3) is 0 Å². The van der Waals surface area contributed by atoms with Crippen LogP contribution in [0.15, 0.2) is 87.4 Å². The fourth-order valence-corrected chi connectivity index (χ4v) is 19.7. The minimum absolute atomic E-state index is 0.0463. The van der Waals surface area contributed by atoms with Crippen LogP contribution in [-0.4, -0.2) is 157 Å². The molecule has 8 aliphatic rings. The Labute approximate surface area is 589 Å². The van der Waals surface area contributed by atoms with E-state index in [2.05, 4.69) is 19.9 Å². The van der Waals surface area contributed by atoms with Gasteiger partial charge in [0.05, 0.1) is 50.8 Å². The van der Waals surface area contributed by atoms with Gasteiger partial charge < -0.3 is 18.9 Å². The minimum Gasteiger partial charge on any atom is -0.347 e. The van der Waals surface area contributed by atoms with E-state index >= 15 is 0 Å². The summed E-state index contributed by atoms with van der Waals surface area (Å²) >= 11 is 26.5. The summed E-state index contributed by atoms with van der Waals surface area (Å²) < 4.78 is 143. The molecule has 0 amide bonds. The van der Waals surface area contributed by atoms with Gasteiger partial charge in [0.25, 0.3) is 22.2 Å². The van der Waals surface area contributed by atoms with Gasteiger partial charge in [0.2, 0.25) is 0 Å². The summed E-state index contributed by atoms with van der Waals surface area (Å²) in [7, 11) is -15.1. The fraction of sp³-hybridized carbons (Fsp3) is 0.714. The summed E-state index contributed by atoms with van der Waals surface area (Å²) in [6, 6.07) is 4.75. The Kier molecular flexibility index (Phi) is 25.1. The molecule has 0 radical (unpaired) electrons. The summed E-state index contributed by atoms with van der Waals surface area (Å²) in [6.45, 7) is 20.8. The monoisotopic (exact) mass is 1580 g/mol. The van der Waals surface area contributed by atoms with Gasteiger partial charge in [-0.15, -0.1) is 46.4 Å². The van der Waals surface area contributed by atoms with Crippen molar-refractivity contribution in [2.45, 2.75) is 226 Å². The molecule has 8 fully saturated rings. The molecule has 4 aromatic heterocycles. The van der Waals surface area contributed by atoms with E-state index in [9.17, 15) is 56.6 Å². The summed E-state index contributed by atoms with van der Waals surface area (Å²) in [5.74, 6) is 0. The van der Waals surface area contributed by atoms with Crippen molar-refractivity contribution in [3.05, 3.63) is 132 Å². The number of fused-ring (bicyclic) bond motifs is 4. The van der Waals surface area contributed by atoms with Crippen LogP contribution in [0.5, 0.6) is 0 Å². The predicted octanol–water partition coefficient (Wildman–Crippen LogP) is 7.08. The summed E-state index contributed by atoms with van der Waals surface area (Å²) in [6.07, 6.45) is -3.11. The minimum atomic E-state index is -3.78. The van der Waals surface area contributed by atoms with E-state index in [0.29, 0.717) is 25.7 Å². The third-order valence-corrected chi connectivity index (χ3v) is 25.1. The second-order valence-electron chi connectivity index (χ2n) is 25.2.